The molecule has 2 aromatic heterocycles. The molecule has 0 N–H and O–H groups in total. The Hall–Kier alpha value is -2.51. The monoisotopic (exact) mass is 449 g/mol. The molecule has 0 aromatic carbocycles. The molecule has 176 valence electrons. The van der Waals surface area contributed by atoms with Gasteiger partial charge in [-0.05, 0) is 69.1 Å². The number of hydrogen-bond acceptors (Lipinski definition) is 5. The molecule has 0 spiro atoms. The molecule has 4 heterocycles. The van der Waals surface area contributed by atoms with Gasteiger partial charge in [-0.25, -0.2) is 9.67 Å². The second-order valence-electron chi connectivity index (χ2n) is 9.66. The molecular weight excluding hydrogens is 414 g/mol. The molecule has 5 rings (SSSR count). The Morgan fingerprint density at radius 2 is 2.03 bits per heavy atom. The molecule has 7 heteroatoms. The van der Waals surface area contributed by atoms with Crippen LogP contribution in [0.4, 0.5) is 5.69 Å². The van der Waals surface area contributed by atoms with Crippen LogP contribution in [0.1, 0.15) is 58.2 Å². The van der Waals surface area contributed by atoms with Crippen LogP contribution in [-0.2, 0) is 9.47 Å². The van der Waals surface area contributed by atoms with E-state index in [4.69, 9.17) is 19.5 Å². The maximum Gasteiger partial charge on any atom is 0.150 e. The largest absolute Gasteiger partial charge is 0.377 e. The van der Waals surface area contributed by atoms with Gasteiger partial charge in [0.2, 0.25) is 0 Å². The maximum atomic E-state index is 6.05. The van der Waals surface area contributed by atoms with Gasteiger partial charge in [-0.2, -0.15) is 5.10 Å². The summed E-state index contributed by atoms with van der Waals surface area (Å²) in [5.74, 6) is 2.17. The number of aromatic nitrogens is 3. The van der Waals surface area contributed by atoms with Crippen LogP contribution in [0, 0.1) is 11.8 Å². The summed E-state index contributed by atoms with van der Waals surface area (Å²) in [6, 6.07) is 4.39. The predicted octanol–water partition coefficient (Wildman–Crippen LogP) is 5.08. The number of nitrogens with zero attached hydrogens (tertiary/aromatic N) is 5. The van der Waals surface area contributed by atoms with Crippen molar-refractivity contribution in [3.63, 3.8) is 0 Å². The standard InChI is InChI=1S/C26H35N5O2/c1-17-15-22(17)19(3)21-8-10-27-26(23-9-11-28-31(23)24-7-5-6-13-33-24)25(21)29-20(4)30-12-14-32-16-18(30)2/h8-11,17-18,22,24H,3,5-7,12-16H2,1-2,4H3/t17-,18+,22-,24?/m0/s1. The minimum Gasteiger partial charge on any atom is -0.377 e. The molecule has 33 heavy (non-hydrogen) atoms. The minimum absolute atomic E-state index is 0.0574. The van der Waals surface area contributed by atoms with Crippen LogP contribution in [0.3, 0.4) is 0 Å². The van der Waals surface area contributed by atoms with E-state index in [0.717, 1.165) is 79.7 Å². The van der Waals surface area contributed by atoms with Gasteiger partial charge in [0.05, 0.1) is 24.9 Å². The zero-order chi connectivity index (χ0) is 22.9. The van der Waals surface area contributed by atoms with Crippen LogP contribution < -0.4 is 0 Å². The van der Waals surface area contributed by atoms with Crippen molar-refractivity contribution >= 4 is 17.1 Å². The number of ether oxygens (including phenoxy) is 2. The summed E-state index contributed by atoms with van der Waals surface area (Å²) in [5.41, 5.74) is 4.92. The Morgan fingerprint density at radius 3 is 2.76 bits per heavy atom. The van der Waals surface area contributed by atoms with Crippen LogP contribution in [0.15, 0.2) is 36.1 Å². The van der Waals surface area contributed by atoms with Crippen LogP contribution in [-0.4, -0.2) is 57.9 Å². The quantitative estimate of drug-likeness (QED) is 0.470. The fraction of sp³-hybridized carbons (Fsp3) is 0.577. The number of rotatable bonds is 5. The SMILES string of the molecule is C=C(c1ccnc(-c2ccnn2C2CCCCO2)c1N=C(C)N1CCOC[C@H]1C)[C@H]1C[C@@H]1C. The molecule has 2 aliphatic heterocycles. The summed E-state index contributed by atoms with van der Waals surface area (Å²) in [6.45, 7) is 14.1. The van der Waals surface area contributed by atoms with E-state index in [1.807, 2.05) is 23.1 Å². The number of aliphatic imine (C=N–C) groups is 1. The third kappa shape index (κ3) is 4.49. The zero-order valence-corrected chi connectivity index (χ0v) is 20.0. The van der Waals surface area contributed by atoms with Crippen LogP contribution >= 0.6 is 0 Å². The summed E-state index contributed by atoms with van der Waals surface area (Å²) in [5, 5.41) is 4.63. The number of hydrogen-bond donors (Lipinski definition) is 0. The first-order valence-corrected chi connectivity index (χ1v) is 12.3. The van der Waals surface area contributed by atoms with E-state index < -0.39 is 0 Å². The summed E-state index contributed by atoms with van der Waals surface area (Å²) < 4.78 is 13.7. The van der Waals surface area contributed by atoms with E-state index in [9.17, 15) is 0 Å². The van der Waals surface area contributed by atoms with E-state index in [1.54, 1.807) is 0 Å². The molecule has 2 saturated heterocycles. The first-order valence-electron chi connectivity index (χ1n) is 12.3. The van der Waals surface area contributed by atoms with Gasteiger partial charge in [0.1, 0.15) is 17.2 Å². The maximum absolute atomic E-state index is 6.05. The Morgan fingerprint density at radius 1 is 1.18 bits per heavy atom. The molecule has 1 saturated carbocycles. The van der Waals surface area contributed by atoms with Gasteiger partial charge >= 0.3 is 0 Å². The van der Waals surface area contributed by atoms with Crippen LogP contribution in [0.2, 0.25) is 0 Å². The molecule has 3 fully saturated rings. The molecule has 1 unspecified atom stereocenters. The van der Waals surface area contributed by atoms with Gasteiger partial charge in [0.15, 0.2) is 6.23 Å². The van der Waals surface area contributed by atoms with Crippen molar-refractivity contribution in [2.45, 2.75) is 58.7 Å². The highest BCUT2D eigenvalue weighted by atomic mass is 16.5. The van der Waals surface area contributed by atoms with E-state index in [-0.39, 0.29) is 6.23 Å². The van der Waals surface area contributed by atoms with Gasteiger partial charge < -0.3 is 14.4 Å². The van der Waals surface area contributed by atoms with Crippen molar-refractivity contribution in [2.24, 2.45) is 16.8 Å². The Balaban J connectivity index is 1.59. The van der Waals surface area contributed by atoms with Crippen LogP contribution in [0.5, 0.6) is 0 Å². The van der Waals surface area contributed by atoms with Crippen molar-refractivity contribution in [1.29, 1.82) is 0 Å². The summed E-state index contributed by atoms with van der Waals surface area (Å²) >= 11 is 0. The third-order valence-corrected chi connectivity index (χ3v) is 7.23. The molecule has 1 aliphatic carbocycles. The first-order chi connectivity index (χ1) is 16.0. The van der Waals surface area contributed by atoms with Gasteiger partial charge in [-0.1, -0.05) is 13.5 Å². The predicted molar refractivity (Wildman–Crippen MR) is 130 cm³/mol. The number of pyridine rings is 1. The smallest absolute Gasteiger partial charge is 0.150 e. The molecule has 7 nitrogen and oxygen atoms in total. The highest BCUT2D eigenvalue weighted by molar-refractivity contribution is 5.90. The lowest BCUT2D eigenvalue weighted by atomic mass is 9.99. The summed E-state index contributed by atoms with van der Waals surface area (Å²) in [7, 11) is 0. The van der Waals surface area contributed by atoms with Crippen LogP contribution in [0.25, 0.3) is 17.0 Å². The molecule has 0 radical (unpaired) electrons. The van der Waals surface area contributed by atoms with Gasteiger partial charge in [-0.3, -0.25) is 4.98 Å². The van der Waals surface area contributed by atoms with E-state index >= 15 is 0 Å². The number of amidine groups is 1. The second kappa shape index (κ2) is 9.39. The van der Waals surface area contributed by atoms with Gasteiger partial charge in [-0.15, -0.1) is 0 Å². The third-order valence-electron chi connectivity index (χ3n) is 7.23. The molecule has 3 aliphatic rings. The summed E-state index contributed by atoms with van der Waals surface area (Å²) in [4.78, 5) is 12.4. The van der Waals surface area contributed by atoms with Crippen molar-refractivity contribution in [3.8, 4) is 11.4 Å². The molecule has 4 atom stereocenters. The number of allylic oxidation sites excluding steroid dienone is 1. The van der Waals surface area contributed by atoms with Crippen molar-refractivity contribution in [2.75, 3.05) is 26.4 Å². The van der Waals surface area contributed by atoms with Crippen molar-refractivity contribution in [3.05, 3.63) is 36.7 Å². The van der Waals surface area contributed by atoms with Crippen molar-refractivity contribution < 1.29 is 9.47 Å². The molecular formula is C26H35N5O2. The Labute approximate surface area is 196 Å². The molecule has 0 bridgehead atoms. The van der Waals surface area contributed by atoms with Gasteiger partial charge in [0, 0.05) is 31.1 Å². The van der Waals surface area contributed by atoms with E-state index in [2.05, 4.69) is 43.4 Å². The van der Waals surface area contributed by atoms with E-state index in [1.165, 1.54) is 6.42 Å². The topological polar surface area (TPSA) is 64.8 Å². The lowest BCUT2D eigenvalue weighted by Gasteiger charge is -2.35. The fourth-order valence-corrected chi connectivity index (χ4v) is 5.10. The fourth-order valence-electron chi connectivity index (χ4n) is 5.10. The summed E-state index contributed by atoms with van der Waals surface area (Å²) in [6.07, 6.45) is 8.06. The van der Waals surface area contributed by atoms with Gasteiger partial charge in [0.25, 0.3) is 0 Å². The zero-order valence-electron chi connectivity index (χ0n) is 20.0. The molecule has 0 amide bonds. The first kappa shape index (κ1) is 22.3. The number of morpholine rings is 1. The van der Waals surface area contributed by atoms with Crippen molar-refractivity contribution in [1.82, 2.24) is 19.7 Å². The second-order valence-corrected chi connectivity index (χ2v) is 9.66. The Kier molecular flexibility index (Phi) is 6.34. The van der Waals surface area contributed by atoms with E-state index in [0.29, 0.717) is 17.9 Å². The highest BCUT2D eigenvalue weighted by Gasteiger charge is 2.36. The average molecular weight is 450 g/mol. The molecule has 2 aromatic rings. The minimum atomic E-state index is -0.0574. The lowest BCUT2D eigenvalue weighted by Crippen LogP contribution is -2.46. The lowest BCUT2D eigenvalue weighted by molar-refractivity contribution is -0.0384. The highest BCUT2D eigenvalue weighted by Crippen LogP contribution is 2.49. The normalized spacial score (nSPS) is 28.1. The average Bonchev–Trinajstić information content (AvgIpc) is 3.37. The Bertz CT molecular complexity index is 1040.